The summed E-state index contributed by atoms with van der Waals surface area (Å²) in [5.74, 6) is -3.67. The van der Waals surface area contributed by atoms with Crippen LogP contribution in [-0.2, 0) is 30.4 Å². The van der Waals surface area contributed by atoms with E-state index in [1.807, 2.05) is 0 Å². The minimum Gasteiger partial charge on any atom is -0.480 e. The van der Waals surface area contributed by atoms with Crippen LogP contribution in [0.2, 0.25) is 0 Å². The first kappa shape index (κ1) is 31.0. The molecule has 214 valence electrons. The molecule has 4 amide bonds. The Labute approximate surface area is 226 Å². The number of benzene rings is 1. The molecule has 14 nitrogen and oxygen atoms in total. The standard InChI is InChI=1S/C25H38N8O6/c26-16(10-11-20(27)34)21(35)31-17(8-4-12-30-25(28)29)23(37)33-13-5-9-19(33)22(36)32-18(24(38)39)14-15-6-2-1-3-7-15/h1-3,6-7,16-19H,4-5,8-14,26H2,(H2,27,34)(H,31,35)(H,32,36)(H,38,39)(H4,28,29,30). The lowest BCUT2D eigenvalue weighted by Crippen LogP contribution is -2.57. The molecule has 1 aromatic carbocycles. The molecule has 4 unspecified atom stereocenters. The molecule has 0 spiro atoms. The predicted molar refractivity (Wildman–Crippen MR) is 143 cm³/mol. The van der Waals surface area contributed by atoms with Crippen LogP contribution in [0, 0.1) is 0 Å². The van der Waals surface area contributed by atoms with Gasteiger partial charge < -0.3 is 43.6 Å². The number of primary amides is 1. The van der Waals surface area contributed by atoms with Gasteiger partial charge in [0.2, 0.25) is 23.6 Å². The van der Waals surface area contributed by atoms with Gasteiger partial charge in [-0.25, -0.2) is 4.79 Å². The summed E-state index contributed by atoms with van der Waals surface area (Å²) in [6.45, 7) is 0.459. The highest BCUT2D eigenvalue weighted by molar-refractivity contribution is 5.94. The highest BCUT2D eigenvalue weighted by Gasteiger charge is 2.39. The number of carboxylic acid groups (broad SMARTS) is 1. The van der Waals surface area contributed by atoms with Crippen molar-refractivity contribution >= 4 is 35.6 Å². The van der Waals surface area contributed by atoms with E-state index in [9.17, 15) is 29.1 Å². The molecule has 0 bridgehead atoms. The third-order valence-electron chi connectivity index (χ3n) is 6.33. The molecule has 1 heterocycles. The summed E-state index contributed by atoms with van der Waals surface area (Å²) in [5.41, 5.74) is 22.4. The number of nitrogens with zero attached hydrogens (tertiary/aromatic N) is 2. The van der Waals surface area contributed by atoms with Gasteiger partial charge >= 0.3 is 5.97 Å². The maximum atomic E-state index is 13.5. The first-order valence-corrected chi connectivity index (χ1v) is 12.8. The Bertz CT molecular complexity index is 1050. The van der Waals surface area contributed by atoms with Crippen LogP contribution in [0.25, 0.3) is 0 Å². The van der Waals surface area contributed by atoms with Gasteiger partial charge in [-0.1, -0.05) is 30.3 Å². The number of nitrogens with two attached hydrogens (primary N) is 4. The molecule has 1 aliphatic rings. The third kappa shape index (κ3) is 10.2. The van der Waals surface area contributed by atoms with Gasteiger partial charge in [0.15, 0.2) is 5.96 Å². The van der Waals surface area contributed by atoms with Crippen molar-refractivity contribution in [3.63, 3.8) is 0 Å². The number of likely N-dealkylation sites (tertiary alicyclic amines) is 1. The van der Waals surface area contributed by atoms with Crippen molar-refractivity contribution in [3.05, 3.63) is 35.9 Å². The summed E-state index contributed by atoms with van der Waals surface area (Å²) >= 11 is 0. The number of amides is 4. The van der Waals surface area contributed by atoms with Crippen molar-refractivity contribution in [2.45, 2.75) is 69.1 Å². The third-order valence-corrected chi connectivity index (χ3v) is 6.33. The Kier molecular flexibility index (Phi) is 12.1. The lowest BCUT2D eigenvalue weighted by Gasteiger charge is -2.30. The Hall–Kier alpha value is -4.20. The molecule has 0 aliphatic carbocycles. The molecule has 1 aliphatic heterocycles. The number of carbonyl (C=O) groups is 5. The van der Waals surface area contributed by atoms with Crippen LogP contribution in [0.5, 0.6) is 0 Å². The van der Waals surface area contributed by atoms with Crippen molar-refractivity contribution in [3.8, 4) is 0 Å². The zero-order valence-corrected chi connectivity index (χ0v) is 21.8. The van der Waals surface area contributed by atoms with E-state index in [-0.39, 0.29) is 44.7 Å². The number of rotatable bonds is 15. The van der Waals surface area contributed by atoms with Crippen LogP contribution in [0.15, 0.2) is 35.3 Å². The predicted octanol–water partition coefficient (Wildman–Crippen LogP) is -2.08. The van der Waals surface area contributed by atoms with Crippen LogP contribution in [0.3, 0.4) is 0 Å². The Balaban J connectivity index is 2.13. The lowest BCUT2D eigenvalue weighted by atomic mass is 10.0. The summed E-state index contributed by atoms with van der Waals surface area (Å²) in [7, 11) is 0. The monoisotopic (exact) mass is 546 g/mol. The van der Waals surface area contributed by atoms with E-state index in [4.69, 9.17) is 22.9 Å². The van der Waals surface area contributed by atoms with Gasteiger partial charge in [0.25, 0.3) is 0 Å². The molecule has 1 aromatic rings. The Morgan fingerprint density at radius 2 is 1.72 bits per heavy atom. The normalized spacial score (nSPS) is 16.9. The smallest absolute Gasteiger partial charge is 0.326 e. The molecular weight excluding hydrogens is 508 g/mol. The molecule has 4 atom stereocenters. The van der Waals surface area contributed by atoms with Crippen LogP contribution in [0.1, 0.15) is 44.1 Å². The summed E-state index contributed by atoms with van der Waals surface area (Å²) in [4.78, 5) is 67.5. The number of carboxylic acids is 1. The first-order valence-electron chi connectivity index (χ1n) is 12.8. The van der Waals surface area contributed by atoms with E-state index >= 15 is 0 Å². The molecule has 2 rings (SSSR count). The van der Waals surface area contributed by atoms with Crippen molar-refractivity contribution in [2.75, 3.05) is 13.1 Å². The van der Waals surface area contributed by atoms with Crippen LogP contribution < -0.4 is 33.6 Å². The SMILES string of the molecule is NC(=O)CCC(N)C(=O)NC(CCCN=C(N)N)C(=O)N1CCCC1C(=O)NC(Cc1ccccc1)C(=O)O. The van der Waals surface area contributed by atoms with E-state index < -0.39 is 53.8 Å². The Morgan fingerprint density at radius 3 is 2.33 bits per heavy atom. The fourth-order valence-electron chi connectivity index (χ4n) is 4.29. The van der Waals surface area contributed by atoms with Gasteiger partial charge in [-0.3, -0.25) is 24.2 Å². The summed E-state index contributed by atoms with van der Waals surface area (Å²) in [6, 6.07) is 4.67. The molecular formula is C25H38N8O6. The van der Waals surface area contributed by atoms with Crippen LogP contribution in [0.4, 0.5) is 0 Å². The van der Waals surface area contributed by atoms with Crippen molar-refractivity contribution in [1.29, 1.82) is 0 Å². The van der Waals surface area contributed by atoms with Crippen LogP contribution >= 0.6 is 0 Å². The number of aliphatic carboxylic acids is 1. The molecule has 1 fully saturated rings. The van der Waals surface area contributed by atoms with E-state index in [1.54, 1.807) is 30.3 Å². The molecule has 14 heteroatoms. The van der Waals surface area contributed by atoms with Gasteiger partial charge in [0, 0.05) is 25.9 Å². The molecule has 1 saturated heterocycles. The molecule has 39 heavy (non-hydrogen) atoms. The molecule has 11 N–H and O–H groups in total. The second kappa shape index (κ2) is 15.3. The molecule has 0 radical (unpaired) electrons. The maximum Gasteiger partial charge on any atom is 0.326 e. The van der Waals surface area contributed by atoms with Crippen molar-refractivity contribution in [1.82, 2.24) is 15.5 Å². The quantitative estimate of drug-likeness (QED) is 0.0723. The van der Waals surface area contributed by atoms with Gasteiger partial charge in [-0.15, -0.1) is 0 Å². The van der Waals surface area contributed by atoms with E-state index in [0.29, 0.717) is 19.3 Å². The average Bonchev–Trinajstić information content (AvgIpc) is 3.38. The number of guanidine groups is 1. The van der Waals surface area contributed by atoms with E-state index in [2.05, 4.69) is 15.6 Å². The Morgan fingerprint density at radius 1 is 1.03 bits per heavy atom. The second-order valence-electron chi connectivity index (χ2n) is 9.40. The van der Waals surface area contributed by atoms with E-state index in [0.717, 1.165) is 5.56 Å². The van der Waals surface area contributed by atoms with Gasteiger partial charge in [-0.2, -0.15) is 0 Å². The fourth-order valence-corrected chi connectivity index (χ4v) is 4.29. The number of nitrogens with one attached hydrogen (secondary N) is 2. The van der Waals surface area contributed by atoms with Crippen LogP contribution in [-0.4, -0.2) is 82.8 Å². The second-order valence-corrected chi connectivity index (χ2v) is 9.40. The number of hydrogen-bond donors (Lipinski definition) is 7. The zero-order valence-electron chi connectivity index (χ0n) is 21.8. The number of hydrogen-bond acceptors (Lipinski definition) is 7. The number of aliphatic imine (C=N–C) groups is 1. The minimum atomic E-state index is -1.20. The highest BCUT2D eigenvalue weighted by Crippen LogP contribution is 2.20. The topological polar surface area (TPSA) is 249 Å². The summed E-state index contributed by atoms with van der Waals surface area (Å²) in [6.07, 6.45) is 1.33. The van der Waals surface area contributed by atoms with Gasteiger partial charge in [-0.05, 0) is 37.7 Å². The van der Waals surface area contributed by atoms with Crippen molar-refractivity contribution < 1.29 is 29.1 Å². The van der Waals surface area contributed by atoms with Gasteiger partial charge in [0.05, 0.1) is 6.04 Å². The van der Waals surface area contributed by atoms with E-state index in [1.165, 1.54) is 4.90 Å². The van der Waals surface area contributed by atoms with Gasteiger partial charge in [0.1, 0.15) is 18.1 Å². The largest absolute Gasteiger partial charge is 0.480 e. The highest BCUT2D eigenvalue weighted by atomic mass is 16.4. The maximum absolute atomic E-state index is 13.5. The van der Waals surface area contributed by atoms with Crippen molar-refractivity contribution in [2.24, 2.45) is 27.9 Å². The zero-order chi connectivity index (χ0) is 28.9. The summed E-state index contributed by atoms with van der Waals surface area (Å²) < 4.78 is 0. The molecule has 0 saturated carbocycles. The first-order chi connectivity index (χ1) is 18.5. The average molecular weight is 547 g/mol. The summed E-state index contributed by atoms with van der Waals surface area (Å²) in [5, 5.41) is 14.8. The lowest BCUT2D eigenvalue weighted by molar-refractivity contribution is -0.145. The fraction of sp³-hybridized carbons (Fsp3) is 0.520. The number of carbonyl (C=O) groups excluding carboxylic acids is 4. The minimum absolute atomic E-state index is 0.00279. The molecule has 0 aromatic heterocycles.